The summed E-state index contributed by atoms with van der Waals surface area (Å²) >= 11 is 0. The molecule has 0 N–H and O–H groups in total. The van der Waals surface area contributed by atoms with Crippen molar-refractivity contribution in [3.8, 4) is 11.1 Å². The van der Waals surface area contributed by atoms with Gasteiger partial charge in [-0.25, -0.2) is 0 Å². The molecule has 2 aromatic carbocycles. The molecule has 2 saturated carbocycles. The first-order valence-electron chi connectivity index (χ1n) is 10.6. The van der Waals surface area contributed by atoms with Crippen LogP contribution in [-0.4, -0.2) is 11.3 Å². The Kier molecular flexibility index (Phi) is 6.80. The predicted octanol–water partition coefficient (Wildman–Crippen LogP) is 6.63. The molecular weight excluding hydrogens is 350 g/mol. The van der Waals surface area contributed by atoms with E-state index in [0.717, 1.165) is 28.5 Å². The van der Waals surface area contributed by atoms with Crippen LogP contribution in [-0.2, 0) is 0 Å². The molecule has 2 aliphatic rings. The molecule has 0 saturated heterocycles. The Morgan fingerprint density at radius 2 is 1.19 bits per heavy atom. The van der Waals surface area contributed by atoms with Crippen molar-refractivity contribution in [2.75, 3.05) is 0 Å². The molecule has 26 heavy (non-hydrogen) atoms. The summed E-state index contributed by atoms with van der Waals surface area (Å²) in [5, 5.41) is 3.41. The van der Waals surface area contributed by atoms with Gasteiger partial charge in [0.15, 0.2) is 0 Å². The average molecular weight is 382 g/mol. The van der Waals surface area contributed by atoms with Crippen molar-refractivity contribution in [3.05, 3.63) is 48.5 Å². The van der Waals surface area contributed by atoms with E-state index in [1.807, 2.05) is 0 Å². The Bertz CT molecular complexity index is 683. The largest absolute Gasteiger partial charge is 0.0865 e. The highest BCUT2D eigenvalue weighted by Gasteiger charge is 2.21. The smallest absolute Gasteiger partial charge is 0.0103 e. The minimum absolute atomic E-state index is 0.934. The number of hydrogen-bond acceptors (Lipinski definition) is 0. The Labute approximate surface area is 163 Å². The van der Waals surface area contributed by atoms with E-state index in [4.69, 9.17) is 0 Å². The molecule has 0 amide bonds. The van der Waals surface area contributed by atoms with Crippen molar-refractivity contribution >= 4 is 27.8 Å². The van der Waals surface area contributed by atoms with Gasteiger partial charge in [0, 0.05) is 0 Å². The van der Waals surface area contributed by atoms with Gasteiger partial charge < -0.3 is 0 Å². The first-order chi connectivity index (χ1) is 12.9. The van der Waals surface area contributed by atoms with Gasteiger partial charge in [-0.3, -0.25) is 0 Å². The lowest BCUT2D eigenvalue weighted by Crippen LogP contribution is -2.24. The van der Waals surface area contributed by atoms with E-state index in [1.54, 1.807) is 10.6 Å². The maximum absolute atomic E-state index is 2.46. The Balaban J connectivity index is 1.65. The molecular formula is C24H32P2. The Morgan fingerprint density at radius 1 is 0.577 bits per heavy atom. The molecule has 0 bridgehead atoms. The standard InChI is InChI=1S/C24H32P2/c1-4-11-19(12-5-1)22-17-10-18-23(25-20-13-6-2-7-14-20)24(22)26-21-15-8-3-9-16-21/h1,4-5,10-12,17-18,20-21,25-26H,2-3,6-9,13-16H2. The van der Waals surface area contributed by atoms with Gasteiger partial charge in [-0.05, 0) is 58.7 Å². The molecule has 2 atom stereocenters. The SMILES string of the molecule is c1ccc(-c2cccc(PC3CCCCC3)c2PC2CCCCC2)cc1. The predicted molar refractivity (Wildman–Crippen MR) is 122 cm³/mol. The van der Waals surface area contributed by atoms with Crippen LogP contribution in [0.4, 0.5) is 0 Å². The van der Waals surface area contributed by atoms with Crippen LogP contribution in [0.3, 0.4) is 0 Å². The van der Waals surface area contributed by atoms with Crippen molar-refractivity contribution in [2.24, 2.45) is 0 Å². The summed E-state index contributed by atoms with van der Waals surface area (Å²) in [5.41, 5.74) is 4.82. The molecule has 0 aromatic heterocycles. The van der Waals surface area contributed by atoms with Gasteiger partial charge in [0.1, 0.15) is 0 Å². The van der Waals surface area contributed by atoms with Gasteiger partial charge in [-0.1, -0.05) is 104 Å². The van der Waals surface area contributed by atoms with Crippen LogP contribution < -0.4 is 10.6 Å². The van der Waals surface area contributed by atoms with Crippen LogP contribution in [0.5, 0.6) is 0 Å². The maximum Gasteiger partial charge on any atom is -0.0103 e. The number of benzene rings is 2. The summed E-state index contributed by atoms with van der Waals surface area (Å²) in [6, 6.07) is 18.3. The fraction of sp³-hybridized carbons (Fsp3) is 0.500. The minimum Gasteiger partial charge on any atom is -0.0865 e. The zero-order valence-corrected chi connectivity index (χ0v) is 17.8. The highest BCUT2D eigenvalue weighted by atomic mass is 31.1. The van der Waals surface area contributed by atoms with E-state index < -0.39 is 0 Å². The van der Waals surface area contributed by atoms with E-state index in [9.17, 15) is 0 Å². The van der Waals surface area contributed by atoms with Crippen LogP contribution in [0.25, 0.3) is 11.1 Å². The third kappa shape index (κ3) is 4.77. The molecule has 0 aliphatic heterocycles. The van der Waals surface area contributed by atoms with Crippen molar-refractivity contribution in [2.45, 2.75) is 75.5 Å². The third-order valence-electron chi connectivity index (χ3n) is 6.07. The quantitative estimate of drug-likeness (QED) is 0.509. The molecule has 138 valence electrons. The summed E-state index contributed by atoms with van der Waals surface area (Å²) in [7, 11) is 2.03. The van der Waals surface area contributed by atoms with E-state index in [0.29, 0.717) is 0 Å². The van der Waals surface area contributed by atoms with Crippen molar-refractivity contribution < 1.29 is 0 Å². The molecule has 2 fully saturated rings. The van der Waals surface area contributed by atoms with E-state index >= 15 is 0 Å². The zero-order valence-electron chi connectivity index (χ0n) is 15.8. The van der Waals surface area contributed by atoms with Gasteiger partial charge in [0.25, 0.3) is 0 Å². The fourth-order valence-corrected chi connectivity index (χ4v) is 8.37. The molecule has 4 rings (SSSR count). The first-order valence-corrected chi connectivity index (χ1v) is 12.8. The molecule has 2 heteroatoms. The van der Waals surface area contributed by atoms with Crippen LogP contribution in [0.2, 0.25) is 0 Å². The third-order valence-corrected chi connectivity index (χ3v) is 9.84. The molecule has 0 spiro atoms. The van der Waals surface area contributed by atoms with E-state index in [2.05, 4.69) is 48.5 Å². The van der Waals surface area contributed by atoms with Crippen LogP contribution in [0.15, 0.2) is 48.5 Å². The molecule has 0 nitrogen and oxygen atoms in total. The first kappa shape index (κ1) is 18.7. The minimum atomic E-state index is 0.934. The normalized spacial score (nSPS) is 20.5. The molecule has 2 aromatic rings. The summed E-state index contributed by atoms with van der Waals surface area (Å²) in [4.78, 5) is 0. The lowest BCUT2D eigenvalue weighted by Gasteiger charge is -2.27. The fourth-order valence-electron chi connectivity index (χ4n) is 4.60. The Morgan fingerprint density at radius 3 is 1.85 bits per heavy atom. The lowest BCUT2D eigenvalue weighted by molar-refractivity contribution is 0.514. The van der Waals surface area contributed by atoms with Crippen LogP contribution in [0, 0.1) is 0 Å². The summed E-state index contributed by atoms with van der Waals surface area (Å²) in [6.07, 6.45) is 14.5. The second-order valence-corrected chi connectivity index (χ2v) is 11.3. The van der Waals surface area contributed by atoms with Crippen molar-refractivity contribution in [1.82, 2.24) is 0 Å². The number of hydrogen-bond donors (Lipinski definition) is 0. The van der Waals surface area contributed by atoms with Gasteiger partial charge in [0.05, 0.1) is 0 Å². The van der Waals surface area contributed by atoms with Crippen LogP contribution in [0.1, 0.15) is 64.2 Å². The van der Waals surface area contributed by atoms with Gasteiger partial charge >= 0.3 is 0 Å². The summed E-state index contributed by atoms with van der Waals surface area (Å²) < 4.78 is 0. The monoisotopic (exact) mass is 382 g/mol. The van der Waals surface area contributed by atoms with Crippen LogP contribution >= 0.6 is 17.2 Å². The van der Waals surface area contributed by atoms with Crippen molar-refractivity contribution in [1.29, 1.82) is 0 Å². The molecule has 0 radical (unpaired) electrons. The second kappa shape index (κ2) is 9.48. The zero-order chi connectivity index (χ0) is 17.6. The second-order valence-electron chi connectivity index (χ2n) is 8.05. The highest BCUT2D eigenvalue weighted by Crippen LogP contribution is 2.38. The van der Waals surface area contributed by atoms with E-state index in [-0.39, 0.29) is 0 Å². The summed E-state index contributed by atoms with van der Waals surface area (Å²) in [6.45, 7) is 0. The lowest BCUT2D eigenvalue weighted by atomic mass is 10.0. The molecule has 2 aliphatic carbocycles. The van der Waals surface area contributed by atoms with Crippen molar-refractivity contribution in [3.63, 3.8) is 0 Å². The van der Waals surface area contributed by atoms with Gasteiger partial charge in [0.2, 0.25) is 0 Å². The summed E-state index contributed by atoms with van der Waals surface area (Å²) in [5.74, 6) is 0. The average Bonchev–Trinajstić information content (AvgIpc) is 2.71. The maximum atomic E-state index is 2.46. The Hall–Kier alpha value is -0.700. The molecule has 0 heterocycles. The number of rotatable bonds is 5. The highest BCUT2D eigenvalue weighted by molar-refractivity contribution is 7.55. The topological polar surface area (TPSA) is 0 Å². The van der Waals surface area contributed by atoms with E-state index in [1.165, 1.54) is 75.3 Å². The van der Waals surface area contributed by atoms with Gasteiger partial charge in [-0.2, -0.15) is 0 Å². The molecule has 2 unspecified atom stereocenters. The van der Waals surface area contributed by atoms with Gasteiger partial charge in [-0.15, -0.1) is 0 Å².